The standard InChI is InChI=1S/C20H29N5S/c1-2-16-9-17-18(22-14-23-19(17)26-16)25-8-5-20(13-25)11-24(12-20)10-15-3-6-21-7-4-15/h9,14-15,21H,2-8,10-13H2,1H3. The van der Waals surface area contributed by atoms with E-state index in [-0.39, 0.29) is 0 Å². The van der Waals surface area contributed by atoms with Gasteiger partial charge in [-0.2, -0.15) is 0 Å². The van der Waals surface area contributed by atoms with Gasteiger partial charge < -0.3 is 15.1 Å². The van der Waals surface area contributed by atoms with Crippen LogP contribution < -0.4 is 10.2 Å². The molecule has 5 rings (SSSR count). The number of thiophene rings is 1. The van der Waals surface area contributed by atoms with Crippen molar-refractivity contribution in [2.45, 2.75) is 32.6 Å². The molecule has 3 fully saturated rings. The Hall–Kier alpha value is -1.24. The van der Waals surface area contributed by atoms with E-state index in [0.29, 0.717) is 5.41 Å². The fourth-order valence-corrected chi connectivity index (χ4v) is 6.08. The number of hydrogen-bond acceptors (Lipinski definition) is 6. The van der Waals surface area contributed by atoms with Gasteiger partial charge in [0, 0.05) is 43.0 Å². The zero-order chi connectivity index (χ0) is 17.6. The molecule has 0 bridgehead atoms. The molecule has 3 aliphatic rings. The number of anilines is 1. The number of nitrogens with one attached hydrogen (secondary N) is 1. The van der Waals surface area contributed by atoms with Crippen molar-refractivity contribution in [2.75, 3.05) is 50.7 Å². The maximum Gasteiger partial charge on any atom is 0.140 e. The Balaban J connectivity index is 1.25. The van der Waals surface area contributed by atoms with Crippen molar-refractivity contribution < 1.29 is 0 Å². The summed E-state index contributed by atoms with van der Waals surface area (Å²) in [7, 11) is 0. The van der Waals surface area contributed by atoms with Crippen LogP contribution in [0.2, 0.25) is 0 Å². The number of aromatic nitrogens is 2. The van der Waals surface area contributed by atoms with Gasteiger partial charge in [0.15, 0.2) is 0 Å². The SMILES string of the molecule is CCc1cc2c(N3CCC4(CN(CC5CCNCC5)C4)C3)ncnc2s1. The van der Waals surface area contributed by atoms with Gasteiger partial charge in [-0.15, -0.1) is 11.3 Å². The fourth-order valence-electron chi connectivity index (χ4n) is 5.15. The summed E-state index contributed by atoms with van der Waals surface area (Å²) >= 11 is 1.82. The normalized spacial score (nSPS) is 23.8. The summed E-state index contributed by atoms with van der Waals surface area (Å²) in [6.07, 6.45) is 6.85. The first kappa shape index (κ1) is 16.9. The van der Waals surface area contributed by atoms with Crippen LogP contribution in [0.5, 0.6) is 0 Å². The molecule has 0 aliphatic carbocycles. The molecule has 0 unspecified atom stereocenters. The molecule has 0 amide bonds. The highest BCUT2D eigenvalue weighted by atomic mass is 32.1. The molecule has 5 nitrogen and oxygen atoms in total. The van der Waals surface area contributed by atoms with Gasteiger partial charge in [0.1, 0.15) is 17.0 Å². The molecular weight excluding hydrogens is 342 g/mol. The number of aryl methyl sites for hydroxylation is 1. The Morgan fingerprint density at radius 3 is 2.88 bits per heavy atom. The Labute approximate surface area is 159 Å². The molecule has 6 heteroatoms. The molecule has 2 aromatic heterocycles. The lowest BCUT2D eigenvalue weighted by atomic mass is 9.78. The van der Waals surface area contributed by atoms with Crippen LogP contribution in [0.15, 0.2) is 12.4 Å². The number of rotatable bonds is 4. The summed E-state index contributed by atoms with van der Waals surface area (Å²) in [5, 5.41) is 4.74. The lowest BCUT2D eigenvalue weighted by Crippen LogP contribution is -2.58. The third-order valence-corrected chi connectivity index (χ3v) is 7.73. The van der Waals surface area contributed by atoms with E-state index in [1.54, 1.807) is 6.33 Å². The second kappa shape index (κ2) is 6.73. The molecular formula is C20H29N5S. The van der Waals surface area contributed by atoms with Crippen molar-refractivity contribution in [3.8, 4) is 0 Å². The number of hydrogen-bond donors (Lipinski definition) is 1. The third-order valence-electron chi connectivity index (χ3n) is 6.54. The highest BCUT2D eigenvalue weighted by Gasteiger charge is 2.48. The van der Waals surface area contributed by atoms with Gasteiger partial charge in [-0.25, -0.2) is 9.97 Å². The minimum Gasteiger partial charge on any atom is -0.355 e. The molecule has 0 atom stereocenters. The lowest BCUT2D eigenvalue weighted by molar-refractivity contribution is 0.00315. The molecule has 26 heavy (non-hydrogen) atoms. The van der Waals surface area contributed by atoms with Crippen molar-refractivity contribution >= 4 is 27.4 Å². The van der Waals surface area contributed by atoms with E-state index < -0.39 is 0 Å². The van der Waals surface area contributed by atoms with E-state index in [0.717, 1.165) is 23.7 Å². The number of fused-ring (bicyclic) bond motifs is 1. The van der Waals surface area contributed by atoms with Crippen molar-refractivity contribution in [3.05, 3.63) is 17.3 Å². The molecule has 3 aliphatic heterocycles. The summed E-state index contributed by atoms with van der Waals surface area (Å²) in [6, 6.07) is 2.31. The maximum atomic E-state index is 4.67. The number of piperidine rings is 1. The molecule has 0 radical (unpaired) electrons. The fraction of sp³-hybridized carbons (Fsp3) is 0.700. The summed E-state index contributed by atoms with van der Waals surface area (Å²) < 4.78 is 0. The smallest absolute Gasteiger partial charge is 0.140 e. The predicted octanol–water partition coefficient (Wildman–Crippen LogP) is 2.77. The molecule has 5 heterocycles. The van der Waals surface area contributed by atoms with Crippen LogP contribution in [0.4, 0.5) is 5.82 Å². The van der Waals surface area contributed by atoms with E-state index in [4.69, 9.17) is 0 Å². The third kappa shape index (κ3) is 3.02. The molecule has 1 N–H and O–H groups in total. The zero-order valence-electron chi connectivity index (χ0n) is 15.7. The highest BCUT2D eigenvalue weighted by molar-refractivity contribution is 7.18. The van der Waals surface area contributed by atoms with Gasteiger partial charge in [0.25, 0.3) is 0 Å². The molecule has 2 aromatic rings. The summed E-state index contributed by atoms with van der Waals surface area (Å²) in [4.78, 5) is 17.0. The van der Waals surface area contributed by atoms with Gasteiger partial charge in [-0.1, -0.05) is 6.92 Å². The van der Waals surface area contributed by atoms with Crippen LogP contribution in [-0.4, -0.2) is 60.7 Å². The Bertz CT molecular complexity index is 776. The molecule has 0 saturated carbocycles. The molecule has 1 spiro atoms. The van der Waals surface area contributed by atoms with Crippen LogP contribution in [0.1, 0.15) is 31.1 Å². The zero-order valence-corrected chi connectivity index (χ0v) is 16.5. The van der Waals surface area contributed by atoms with Crippen LogP contribution in [0, 0.1) is 11.3 Å². The Morgan fingerprint density at radius 1 is 1.23 bits per heavy atom. The summed E-state index contributed by atoms with van der Waals surface area (Å²) in [5.74, 6) is 2.07. The first-order valence-electron chi connectivity index (χ1n) is 10.2. The Kier molecular flexibility index (Phi) is 4.38. The van der Waals surface area contributed by atoms with Crippen LogP contribution in [0.3, 0.4) is 0 Å². The summed E-state index contributed by atoms with van der Waals surface area (Å²) in [5.41, 5.74) is 0.508. The molecule has 140 valence electrons. The van der Waals surface area contributed by atoms with E-state index in [1.165, 1.54) is 74.6 Å². The average molecular weight is 372 g/mol. The second-order valence-electron chi connectivity index (χ2n) is 8.52. The van der Waals surface area contributed by atoms with Gasteiger partial charge in [0.05, 0.1) is 5.39 Å². The first-order valence-corrected chi connectivity index (χ1v) is 11.0. The largest absolute Gasteiger partial charge is 0.355 e. The van der Waals surface area contributed by atoms with E-state index in [9.17, 15) is 0 Å². The Morgan fingerprint density at radius 2 is 2.08 bits per heavy atom. The number of nitrogens with zero attached hydrogens (tertiary/aromatic N) is 4. The van der Waals surface area contributed by atoms with Crippen LogP contribution >= 0.6 is 11.3 Å². The van der Waals surface area contributed by atoms with Gasteiger partial charge in [-0.05, 0) is 50.8 Å². The van der Waals surface area contributed by atoms with Crippen molar-refractivity contribution in [3.63, 3.8) is 0 Å². The van der Waals surface area contributed by atoms with E-state index in [2.05, 4.69) is 38.1 Å². The van der Waals surface area contributed by atoms with E-state index in [1.807, 2.05) is 11.3 Å². The molecule has 3 saturated heterocycles. The topological polar surface area (TPSA) is 44.3 Å². The minimum atomic E-state index is 0.508. The molecule has 0 aromatic carbocycles. The first-order chi connectivity index (χ1) is 12.7. The van der Waals surface area contributed by atoms with Gasteiger partial charge in [-0.3, -0.25) is 0 Å². The van der Waals surface area contributed by atoms with E-state index >= 15 is 0 Å². The van der Waals surface area contributed by atoms with Crippen molar-refractivity contribution in [1.82, 2.24) is 20.2 Å². The quantitative estimate of drug-likeness (QED) is 0.895. The van der Waals surface area contributed by atoms with Gasteiger partial charge >= 0.3 is 0 Å². The minimum absolute atomic E-state index is 0.508. The van der Waals surface area contributed by atoms with Gasteiger partial charge in [0.2, 0.25) is 0 Å². The monoisotopic (exact) mass is 371 g/mol. The maximum absolute atomic E-state index is 4.67. The van der Waals surface area contributed by atoms with Crippen molar-refractivity contribution in [2.24, 2.45) is 11.3 Å². The highest BCUT2D eigenvalue weighted by Crippen LogP contribution is 2.43. The lowest BCUT2D eigenvalue weighted by Gasteiger charge is -2.49. The second-order valence-corrected chi connectivity index (χ2v) is 9.63. The van der Waals surface area contributed by atoms with Crippen LogP contribution in [0.25, 0.3) is 10.2 Å². The number of likely N-dealkylation sites (tertiary alicyclic amines) is 1. The predicted molar refractivity (Wildman–Crippen MR) is 108 cm³/mol. The summed E-state index contributed by atoms with van der Waals surface area (Å²) in [6.45, 7) is 10.8. The van der Waals surface area contributed by atoms with Crippen molar-refractivity contribution in [1.29, 1.82) is 0 Å². The van der Waals surface area contributed by atoms with Crippen LogP contribution in [-0.2, 0) is 6.42 Å². The average Bonchev–Trinajstić information content (AvgIpc) is 3.26.